The van der Waals surface area contributed by atoms with Crippen LogP contribution in [0.5, 0.6) is 0 Å². The van der Waals surface area contributed by atoms with Crippen LogP contribution in [0.1, 0.15) is 25.0 Å². The Morgan fingerprint density at radius 1 is 0.368 bits per heavy atom. The van der Waals surface area contributed by atoms with Gasteiger partial charge < -0.3 is 9.32 Å². The van der Waals surface area contributed by atoms with Gasteiger partial charge in [-0.1, -0.05) is 153 Å². The highest BCUT2D eigenvalue weighted by atomic mass is 16.3. The second-order valence-electron chi connectivity index (χ2n) is 15.8. The largest absolute Gasteiger partial charge is 0.456 e. The molecule has 0 saturated carbocycles. The summed E-state index contributed by atoms with van der Waals surface area (Å²) < 4.78 is 6.15. The summed E-state index contributed by atoms with van der Waals surface area (Å²) in [6.07, 6.45) is 0. The summed E-state index contributed by atoms with van der Waals surface area (Å²) in [5.74, 6) is 0. The smallest absolute Gasteiger partial charge is 0.135 e. The zero-order chi connectivity index (χ0) is 38.1. The van der Waals surface area contributed by atoms with E-state index in [4.69, 9.17) is 4.42 Å². The van der Waals surface area contributed by atoms with Crippen molar-refractivity contribution in [3.8, 4) is 44.5 Å². The highest BCUT2D eigenvalue weighted by Gasteiger charge is 2.36. The first-order chi connectivity index (χ1) is 28.0. The molecular weight excluding hydrogens is 691 g/mol. The summed E-state index contributed by atoms with van der Waals surface area (Å²) >= 11 is 0. The molecule has 10 aromatic rings. The van der Waals surface area contributed by atoms with Crippen LogP contribution < -0.4 is 4.90 Å². The van der Waals surface area contributed by atoms with Gasteiger partial charge in [0.25, 0.3) is 0 Å². The molecule has 0 unspecified atom stereocenters. The average molecular weight is 730 g/mol. The number of furan rings is 1. The molecule has 0 atom stereocenters. The zero-order valence-corrected chi connectivity index (χ0v) is 31.9. The van der Waals surface area contributed by atoms with Gasteiger partial charge >= 0.3 is 0 Å². The lowest BCUT2D eigenvalue weighted by molar-refractivity contribution is 0.660. The van der Waals surface area contributed by atoms with Gasteiger partial charge in [-0.05, 0) is 122 Å². The number of anilines is 3. The minimum atomic E-state index is -0.207. The maximum Gasteiger partial charge on any atom is 0.135 e. The first kappa shape index (κ1) is 33.2. The third-order valence-electron chi connectivity index (χ3n) is 12.1. The van der Waals surface area contributed by atoms with Crippen LogP contribution in [-0.4, -0.2) is 0 Å². The second-order valence-corrected chi connectivity index (χ2v) is 15.8. The van der Waals surface area contributed by atoms with E-state index in [1.165, 1.54) is 66.4 Å². The monoisotopic (exact) mass is 729 g/mol. The second kappa shape index (κ2) is 13.0. The molecule has 11 rings (SSSR count). The van der Waals surface area contributed by atoms with Crippen LogP contribution in [0.25, 0.3) is 77.2 Å². The van der Waals surface area contributed by atoms with Gasteiger partial charge in [0.15, 0.2) is 0 Å². The van der Waals surface area contributed by atoms with Crippen LogP contribution in [0.4, 0.5) is 17.1 Å². The predicted molar refractivity (Wildman–Crippen MR) is 240 cm³/mol. The first-order valence-electron chi connectivity index (χ1n) is 19.7. The van der Waals surface area contributed by atoms with Gasteiger partial charge in [-0.25, -0.2) is 0 Å². The van der Waals surface area contributed by atoms with Crippen LogP contribution in [0.3, 0.4) is 0 Å². The maximum absolute atomic E-state index is 6.15. The summed E-state index contributed by atoms with van der Waals surface area (Å²) in [4.78, 5) is 2.43. The standard InChI is InChI=1S/C55H39NO/c1-55(2)50-34-42(41-25-31-54-49(33-41)48-19-8-9-21-53(48)57-54)24-29-46(50)47-30-28-44(35-51(47)55)56(52-20-11-15-38-14-6-7-18-45(38)52)43-26-22-37(23-27-43)40-17-10-16-39(32-40)36-12-4-3-5-13-36/h3-35H,1-2H3. The van der Waals surface area contributed by atoms with Crippen molar-refractivity contribution in [2.45, 2.75) is 19.3 Å². The molecule has 0 spiro atoms. The van der Waals surface area contributed by atoms with E-state index < -0.39 is 0 Å². The number of nitrogens with zero attached hydrogens (tertiary/aromatic N) is 1. The molecule has 0 saturated heterocycles. The van der Waals surface area contributed by atoms with E-state index in [1.807, 2.05) is 12.1 Å². The van der Waals surface area contributed by atoms with Crippen molar-refractivity contribution >= 4 is 49.8 Å². The van der Waals surface area contributed by atoms with Crippen LogP contribution in [0.2, 0.25) is 0 Å². The molecule has 57 heavy (non-hydrogen) atoms. The molecule has 9 aromatic carbocycles. The Kier molecular flexibility index (Phi) is 7.55. The lowest BCUT2D eigenvalue weighted by Crippen LogP contribution is -2.16. The van der Waals surface area contributed by atoms with E-state index >= 15 is 0 Å². The first-order valence-corrected chi connectivity index (χ1v) is 19.7. The van der Waals surface area contributed by atoms with E-state index in [0.29, 0.717) is 0 Å². The molecule has 2 heteroatoms. The van der Waals surface area contributed by atoms with Crippen molar-refractivity contribution in [3.63, 3.8) is 0 Å². The molecule has 0 radical (unpaired) electrons. The van der Waals surface area contributed by atoms with E-state index in [2.05, 4.69) is 207 Å². The minimum absolute atomic E-state index is 0.207. The fourth-order valence-corrected chi connectivity index (χ4v) is 9.09. The average Bonchev–Trinajstić information content (AvgIpc) is 3.75. The molecule has 270 valence electrons. The van der Waals surface area contributed by atoms with Crippen LogP contribution in [0, 0.1) is 0 Å². The van der Waals surface area contributed by atoms with Crippen molar-refractivity contribution in [3.05, 3.63) is 211 Å². The van der Waals surface area contributed by atoms with Crippen molar-refractivity contribution in [1.29, 1.82) is 0 Å². The Labute approximate surface area is 332 Å². The molecule has 1 aromatic heterocycles. The van der Waals surface area contributed by atoms with Crippen molar-refractivity contribution in [2.75, 3.05) is 4.90 Å². The third kappa shape index (κ3) is 5.48. The Bertz CT molecular complexity index is 3150. The van der Waals surface area contributed by atoms with Crippen LogP contribution >= 0.6 is 0 Å². The van der Waals surface area contributed by atoms with Gasteiger partial charge in [-0.15, -0.1) is 0 Å². The van der Waals surface area contributed by atoms with Crippen molar-refractivity contribution < 1.29 is 4.42 Å². The number of hydrogen-bond donors (Lipinski definition) is 0. The van der Waals surface area contributed by atoms with Gasteiger partial charge in [0, 0.05) is 32.9 Å². The predicted octanol–water partition coefficient (Wildman–Crippen LogP) is 15.5. The maximum atomic E-state index is 6.15. The molecule has 0 aliphatic heterocycles. The van der Waals surface area contributed by atoms with E-state index in [0.717, 1.165) is 39.0 Å². The molecule has 2 nitrogen and oxygen atoms in total. The summed E-state index contributed by atoms with van der Waals surface area (Å²) in [5.41, 5.74) is 17.6. The van der Waals surface area contributed by atoms with Crippen LogP contribution in [0.15, 0.2) is 205 Å². The number of hydrogen-bond acceptors (Lipinski definition) is 2. The highest BCUT2D eigenvalue weighted by Crippen LogP contribution is 2.52. The van der Waals surface area contributed by atoms with E-state index in [-0.39, 0.29) is 5.41 Å². The fourth-order valence-electron chi connectivity index (χ4n) is 9.09. The van der Waals surface area contributed by atoms with Gasteiger partial charge in [0.2, 0.25) is 0 Å². The minimum Gasteiger partial charge on any atom is -0.456 e. The van der Waals surface area contributed by atoms with Gasteiger partial charge in [-0.3, -0.25) is 0 Å². The summed E-state index contributed by atoms with van der Waals surface area (Å²) in [5, 5.41) is 4.74. The Morgan fingerprint density at radius 3 is 1.74 bits per heavy atom. The van der Waals surface area contributed by atoms with Gasteiger partial charge in [0.1, 0.15) is 11.2 Å². The van der Waals surface area contributed by atoms with Crippen LogP contribution in [-0.2, 0) is 5.41 Å². The highest BCUT2D eigenvalue weighted by molar-refractivity contribution is 6.06. The quantitative estimate of drug-likeness (QED) is 0.169. The summed E-state index contributed by atoms with van der Waals surface area (Å²) in [6, 6.07) is 72.8. The van der Waals surface area contributed by atoms with Gasteiger partial charge in [-0.2, -0.15) is 0 Å². The Balaban J connectivity index is 0.997. The molecular formula is C55H39NO. The van der Waals surface area contributed by atoms with Crippen molar-refractivity contribution in [2.24, 2.45) is 0 Å². The van der Waals surface area contributed by atoms with E-state index in [1.54, 1.807) is 0 Å². The number of benzene rings is 9. The van der Waals surface area contributed by atoms with E-state index in [9.17, 15) is 0 Å². The summed E-state index contributed by atoms with van der Waals surface area (Å²) in [6.45, 7) is 4.75. The molecule has 0 fully saturated rings. The molecule has 1 aliphatic rings. The SMILES string of the molecule is CC1(C)c2cc(-c3ccc4oc5ccccc5c4c3)ccc2-c2ccc(N(c3ccc(-c4cccc(-c5ccccc5)c4)cc3)c3cccc4ccccc34)cc21. The molecule has 0 amide bonds. The summed E-state index contributed by atoms with van der Waals surface area (Å²) in [7, 11) is 0. The van der Waals surface area contributed by atoms with Gasteiger partial charge in [0.05, 0.1) is 5.69 Å². The number of para-hydroxylation sites is 1. The third-order valence-corrected chi connectivity index (χ3v) is 12.1. The molecule has 0 N–H and O–H groups in total. The topological polar surface area (TPSA) is 16.4 Å². The van der Waals surface area contributed by atoms with Crippen molar-refractivity contribution in [1.82, 2.24) is 0 Å². The zero-order valence-electron chi connectivity index (χ0n) is 31.9. The number of rotatable bonds is 6. The fraction of sp³-hybridized carbons (Fsp3) is 0.0545. The molecule has 1 aliphatic carbocycles. The lowest BCUT2D eigenvalue weighted by atomic mass is 9.81. The molecule has 0 bridgehead atoms. The Hall–Kier alpha value is -7.16. The lowest BCUT2D eigenvalue weighted by Gasteiger charge is -2.29. The Morgan fingerprint density at radius 2 is 0.912 bits per heavy atom. The number of fused-ring (bicyclic) bond motifs is 7. The normalized spacial score (nSPS) is 12.9. The molecule has 1 heterocycles.